The fourth-order valence-corrected chi connectivity index (χ4v) is 2.29. The zero-order valence-electron chi connectivity index (χ0n) is 11.0. The van der Waals surface area contributed by atoms with Gasteiger partial charge < -0.3 is 9.52 Å². The quantitative estimate of drug-likeness (QED) is 0.855. The Labute approximate surface area is 110 Å². The fourth-order valence-electron chi connectivity index (χ4n) is 2.29. The van der Waals surface area contributed by atoms with Crippen LogP contribution < -0.4 is 5.63 Å². The number of hydrogen-bond donors (Lipinski definition) is 1. The Morgan fingerprint density at radius 3 is 2.53 bits per heavy atom. The molecule has 0 unspecified atom stereocenters. The summed E-state index contributed by atoms with van der Waals surface area (Å²) >= 11 is 0. The van der Waals surface area contributed by atoms with Gasteiger partial charge in [-0.05, 0) is 36.5 Å². The summed E-state index contributed by atoms with van der Waals surface area (Å²) in [6.07, 6.45) is 2.03. The minimum absolute atomic E-state index is 0.331. The average Bonchev–Trinajstić information content (AvgIpc) is 2.38. The maximum absolute atomic E-state index is 11.5. The minimum atomic E-state index is -1.26. The zero-order chi connectivity index (χ0) is 14.0. The van der Waals surface area contributed by atoms with Gasteiger partial charge in [-0.15, -0.1) is 0 Å². The third-order valence-corrected chi connectivity index (χ3v) is 3.45. The third kappa shape index (κ3) is 2.52. The van der Waals surface area contributed by atoms with Crippen LogP contribution in [0.3, 0.4) is 0 Å². The highest BCUT2D eigenvalue weighted by molar-refractivity contribution is 5.91. The van der Waals surface area contributed by atoms with Crippen molar-refractivity contribution in [3.8, 4) is 0 Å². The van der Waals surface area contributed by atoms with Crippen LogP contribution in [0.15, 0.2) is 33.5 Å². The first kappa shape index (κ1) is 13.3. The molecule has 4 heteroatoms. The maximum atomic E-state index is 11.5. The van der Waals surface area contributed by atoms with Crippen molar-refractivity contribution in [3.05, 3.63) is 45.8 Å². The molecule has 4 nitrogen and oxygen atoms in total. The van der Waals surface area contributed by atoms with Gasteiger partial charge in [-0.3, -0.25) is 0 Å². The monoisotopic (exact) mass is 260 g/mol. The molecule has 0 saturated heterocycles. The van der Waals surface area contributed by atoms with E-state index < -0.39 is 11.6 Å². The van der Waals surface area contributed by atoms with E-state index in [4.69, 9.17) is 9.52 Å². The molecule has 0 aliphatic carbocycles. The molecule has 0 bridgehead atoms. The van der Waals surface area contributed by atoms with Gasteiger partial charge in [0.2, 0.25) is 0 Å². The van der Waals surface area contributed by atoms with Crippen molar-refractivity contribution in [1.82, 2.24) is 0 Å². The van der Waals surface area contributed by atoms with Crippen molar-refractivity contribution in [2.45, 2.75) is 32.6 Å². The molecule has 2 rings (SSSR count). The lowest BCUT2D eigenvalue weighted by Gasteiger charge is -2.12. The molecule has 1 heterocycles. The van der Waals surface area contributed by atoms with Gasteiger partial charge in [-0.1, -0.05) is 26.0 Å². The molecule has 1 N–H and O–H groups in total. The first-order valence-electron chi connectivity index (χ1n) is 6.37. The second-order valence-corrected chi connectivity index (χ2v) is 4.56. The molecule has 2 aromatic rings. The van der Waals surface area contributed by atoms with Crippen molar-refractivity contribution in [1.29, 1.82) is 0 Å². The topological polar surface area (TPSA) is 67.5 Å². The molecule has 0 aliphatic heterocycles. The van der Waals surface area contributed by atoms with Crippen LogP contribution in [0.5, 0.6) is 0 Å². The van der Waals surface area contributed by atoms with Crippen LogP contribution >= 0.6 is 0 Å². The first-order valence-corrected chi connectivity index (χ1v) is 6.37. The molecule has 0 atom stereocenters. The molecule has 0 amide bonds. The van der Waals surface area contributed by atoms with Gasteiger partial charge in [0.05, 0.1) is 0 Å². The number of fused-ring (bicyclic) bond motifs is 1. The molecular weight excluding hydrogens is 244 g/mol. The molecule has 0 spiro atoms. The highest BCUT2D eigenvalue weighted by Gasteiger charge is 2.13. The van der Waals surface area contributed by atoms with E-state index in [1.807, 2.05) is 12.1 Å². The molecule has 1 aromatic carbocycles. The second-order valence-electron chi connectivity index (χ2n) is 4.56. The summed E-state index contributed by atoms with van der Waals surface area (Å²) in [4.78, 5) is 22.4. The van der Waals surface area contributed by atoms with Crippen molar-refractivity contribution in [2.24, 2.45) is 0 Å². The number of aromatic carboxylic acids is 1. The number of carboxylic acids is 1. The number of rotatable bonds is 4. The van der Waals surface area contributed by atoms with Crippen LogP contribution in [0.2, 0.25) is 0 Å². The van der Waals surface area contributed by atoms with Crippen LogP contribution in [0.25, 0.3) is 11.0 Å². The van der Waals surface area contributed by atoms with Gasteiger partial charge >= 0.3 is 11.6 Å². The van der Waals surface area contributed by atoms with E-state index in [1.165, 1.54) is 6.07 Å². The summed E-state index contributed by atoms with van der Waals surface area (Å²) in [6.45, 7) is 4.23. The largest absolute Gasteiger partial charge is 0.477 e. The number of hydrogen-bond acceptors (Lipinski definition) is 3. The lowest BCUT2D eigenvalue weighted by Crippen LogP contribution is -2.12. The van der Waals surface area contributed by atoms with Crippen molar-refractivity contribution in [2.75, 3.05) is 0 Å². The Bertz CT molecular complexity index is 665. The molecular formula is C15H16O4. The van der Waals surface area contributed by atoms with Crippen LogP contribution in [0.4, 0.5) is 0 Å². The molecule has 0 radical (unpaired) electrons. The smallest absolute Gasteiger partial charge is 0.351 e. The van der Waals surface area contributed by atoms with E-state index in [-0.39, 0.29) is 5.56 Å². The Morgan fingerprint density at radius 1 is 1.26 bits per heavy atom. The second kappa shape index (κ2) is 5.26. The van der Waals surface area contributed by atoms with Crippen LogP contribution in [0.1, 0.15) is 48.5 Å². The van der Waals surface area contributed by atoms with Gasteiger partial charge in [0.15, 0.2) is 0 Å². The molecule has 0 aliphatic rings. The average molecular weight is 260 g/mol. The molecule has 0 fully saturated rings. The fraction of sp³-hybridized carbons (Fsp3) is 0.333. The lowest BCUT2D eigenvalue weighted by molar-refractivity contribution is 0.0692. The maximum Gasteiger partial charge on any atom is 0.351 e. The van der Waals surface area contributed by atoms with Gasteiger partial charge in [0.25, 0.3) is 0 Å². The number of carbonyl (C=O) groups is 1. The van der Waals surface area contributed by atoms with E-state index in [2.05, 4.69) is 13.8 Å². The van der Waals surface area contributed by atoms with Crippen molar-refractivity contribution >= 4 is 16.9 Å². The zero-order valence-corrected chi connectivity index (χ0v) is 11.0. The summed E-state index contributed by atoms with van der Waals surface area (Å²) in [5, 5.41) is 9.52. The standard InChI is InChI=1S/C15H16O4/c1-3-9(4-2)10-5-6-11-7-12(14(16)17)15(18)19-13(11)8-10/h5-9H,3-4H2,1-2H3,(H,16,17). The highest BCUT2D eigenvalue weighted by atomic mass is 16.4. The molecule has 19 heavy (non-hydrogen) atoms. The number of benzene rings is 1. The van der Waals surface area contributed by atoms with Crippen molar-refractivity contribution in [3.63, 3.8) is 0 Å². The SMILES string of the molecule is CCC(CC)c1ccc2cc(C(=O)O)c(=O)oc2c1. The molecule has 1 aromatic heterocycles. The van der Waals surface area contributed by atoms with Crippen LogP contribution in [-0.4, -0.2) is 11.1 Å². The first-order chi connectivity index (χ1) is 9.06. The third-order valence-electron chi connectivity index (χ3n) is 3.45. The summed E-state index contributed by atoms with van der Waals surface area (Å²) in [5.41, 5.74) is 0.424. The molecule has 100 valence electrons. The summed E-state index contributed by atoms with van der Waals surface area (Å²) in [6, 6.07) is 6.96. The van der Waals surface area contributed by atoms with E-state index >= 15 is 0 Å². The van der Waals surface area contributed by atoms with Crippen LogP contribution in [-0.2, 0) is 0 Å². The Balaban J connectivity index is 2.59. The Hall–Kier alpha value is -2.10. The van der Waals surface area contributed by atoms with E-state index in [0.717, 1.165) is 18.4 Å². The Kier molecular flexibility index (Phi) is 3.69. The highest BCUT2D eigenvalue weighted by Crippen LogP contribution is 2.26. The summed E-state index contributed by atoms with van der Waals surface area (Å²) in [7, 11) is 0. The van der Waals surface area contributed by atoms with Crippen LogP contribution in [0, 0.1) is 0 Å². The molecule has 0 saturated carbocycles. The Morgan fingerprint density at radius 2 is 1.95 bits per heavy atom. The van der Waals surface area contributed by atoms with E-state index in [9.17, 15) is 9.59 Å². The van der Waals surface area contributed by atoms with Gasteiger partial charge in [-0.2, -0.15) is 0 Å². The van der Waals surface area contributed by atoms with Gasteiger partial charge in [0, 0.05) is 5.39 Å². The lowest BCUT2D eigenvalue weighted by atomic mass is 9.93. The normalized spacial score (nSPS) is 11.1. The minimum Gasteiger partial charge on any atom is -0.477 e. The number of carboxylic acid groups (broad SMARTS) is 1. The van der Waals surface area contributed by atoms with E-state index in [0.29, 0.717) is 16.9 Å². The van der Waals surface area contributed by atoms with E-state index in [1.54, 1.807) is 6.07 Å². The predicted octanol–water partition coefficient (Wildman–Crippen LogP) is 3.39. The van der Waals surface area contributed by atoms with Gasteiger partial charge in [0.1, 0.15) is 11.1 Å². The van der Waals surface area contributed by atoms with Gasteiger partial charge in [-0.25, -0.2) is 9.59 Å². The summed E-state index contributed by atoms with van der Waals surface area (Å²) in [5.74, 6) is -0.839. The van der Waals surface area contributed by atoms with Crippen molar-refractivity contribution < 1.29 is 14.3 Å². The predicted molar refractivity (Wildman–Crippen MR) is 72.8 cm³/mol. The summed E-state index contributed by atoms with van der Waals surface area (Å²) < 4.78 is 5.10.